The number of hydrogen-bond acceptors (Lipinski definition) is 3. The van der Waals surface area contributed by atoms with Crippen molar-refractivity contribution in [3.05, 3.63) is 60.2 Å². The molecule has 110 valence electrons. The van der Waals surface area contributed by atoms with Gasteiger partial charge in [-0.15, -0.1) is 0 Å². The van der Waals surface area contributed by atoms with Crippen LogP contribution >= 0.6 is 0 Å². The van der Waals surface area contributed by atoms with Crippen molar-refractivity contribution in [1.82, 2.24) is 5.32 Å². The Labute approximate surface area is 127 Å². The van der Waals surface area contributed by atoms with Crippen LogP contribution in [0.15, 0.2) is 54.6 Å². The molecule has 0 saturated heterocycles. The molecule has 0 fully saturated rings. The maximum absolute atomic E-state index is 6.10. The minimum Gasteiger partial charge on any atom is -0.426 e. The normalized spacial score (nSPS) is 10.6. The van der Waals surface area contributed by atoms with E-state index in [1.807, 2.05) is 18.2 Å². The van der Waals surface area contributed by atoms with Gasteiger partial charge in [0, 0.05) is 26.2 Å². The topological polar surface area (TPSA) is 47.3 Å². The van der Waals surface area contributed by atoms with Crippen LogP contribution in [0.1, 0.15) is 5.56 Å². The average Bonchev–Trinajstić information content (AvgIpc) is 2.53. The van der Waals surface area contributed by atoms with Gasteiger partial charge in [-0.2, -0.15) is 0 Å². The van der Waals surface area contributed by atoms with E-state index in [2.05, 4.69) is 48.6 Å². The summed E-state index contributed by atoms with van der Waals surface area (Å²) in [6.07, 6.45) is 0. The molecule has 3 nitrogen and oxygen atoms in total. The van der Waals surface area contributed by atoms with Crippen LogP contribution < -0.4 is 22.0 Å². The lowest BCUT2D eigenvalue weighted by atomic mass is 9.55. The molecule has 0 amide bonds. The molecule has 0 unspecified atom stereocenters. The van der Waals surface area contributed by atoms with Crippen LogP contribution in [0.4, 0.5) is 0 Å². The highest BCUT2D eigenvalue weighted by molar-refractivity contribution is 6.80. The summed E-state index contributed by atoms with van der Waals surface area (Å²) < 4.78 is 6.10. The second-order valence-electron chi connectivity index (χ2n) is 5.11. The quantitative estimate of drug-likeness (QED) is 0.552. The van der Waals surface area contributed by atoms with Crippen molar-refractivity contribution in [3.63, 3.8) is 0 Å². The van der Waals surface area contributed by atoms with Crippen molar-refractivity contribution in [2.45, 2.75) is 6.92 Å². The molecular weight excluding hydrogens is 259 g/mol. The predicted molar refractivity (Wildman–Crippen MR) is 90.5 cm³/mol. The summed E-state index contributed by atoms with van der Waals surface area (Å²) in [4.78, 5) is 0. The minimum absolute atomic E-state index is 0.0218. The molecule has 0 aliphatic carbocycles. The third-order valence-corrected chi connectivity index (χ3v) is 3.37. The van der Waals surface area contributed by atoms with Crippen molar-refractivity contribution in [2.24, 2.45) is 5.73 Å². The third kappa shape index (κ3) is 5.01. The summed E-state index contributed by atoms with van der Waals surface area (Å²) >= 11 is 0. The fourth-order valence-corrected chi connectivity index (χ4v) is 2.23. The van der Waals surface area contributed by atoms with Gasteiger partial charge in [-0.05, 0) is 17.8 Å². The molecule has 0 atom stereocenters. The standard InChI is InChI=1S/C17H23BN2O/c1-15-7-9-17(10-8-15)18(16-5-3-2-4-6-16)21-14-13-20-12-11-19/h2-10,20H,11-14,19H2,1H3. The Bertz CT molecular complexity index is 516. The van der Waals surface area contributed by atoms with E-state index in [1.54, 1.807) is 0 Å². The Kier molecular flexibility index (Phi) is 6.47. The van der Waals surface area contributed by atoms with Crippen molar-refractivity contribution in [3.8, 4) is 0 Å². The van der Waals surface area contributed by atoms with Crippen LogP contribution in [0, 0.1) is 6.92 Å². The van der Waals surface area contributed by atoms with Gasteiger partial charge in [-0.25, -0.2) is 0 Å². The first kappa shape index (κ1) is 15.8. The number of nitrogens with two attached hydrogens (primary N) is 1. The summed E-state index contributed by atoms with van der Waals surface area (Å²) in [5, 5.41) is 3.25. The van der Waals surface area contributed by atoms with Crippen LogP contribution in [0.25, 0.3) is 0 Å². The molecule has 0 bridgehead atoms. The highest BCUT2D eigenvalue weighted by Gasteiger charge is 2.20. The molecule has 0 saturated carbocycles. The fraction of sp³-hybridized carbons (Fsp3) is 0.294. The highest BCUT2D eigenvalue weighted by atomic mass is 16.4. The van der Waals surface area contributed by atoms with Gasteiger partial charge in [0.05, 0.1) is 0 Å². The van der Waals surface area contributed by atoms with Gasteiger partial charge in [-0.1, -0.05) is 60.2 Å². The number of benzene rings is 2. The molecule has 2 rings (SSSR count). The number of aryl methyl sites for hydroxylation is 1. The molecule has 0 heterocycles. The summed E-state index contributed by atoms with van der Waals surface area (Å²) in [6.45, 7) is 5.02. The van der Waals surface area contributed by atoms with E-state index < -0.39 is 0 Å². The lowest BCUT2D eigenvalue weighted by Gasteiger charge is -2.16. The molecule has 0 aliphatic heterocycles. The second kappa shape index (κ2) is 8.62. The fourth-order valence-electron chi connectivity index (χ4n) is 2.23. The first-order chi connectivity index (χ1) is 10.3. The Morgan fingerprint density at radius 2 is 1.62 bits per heavy atom. The van der Waals surface area contributed by atoms with Crippen molar-refractivity contribution in [1.29, 1.82) is 0 Å². The molecule has 21 heavy (non-hydrogen) atoms. The van der Waals surface area contributed by atoms with Gasteiger partial charge in [0.2, 0.25) is 0 Å². The smallest absolute Gasteiger partial charge is 0.361 e. The minimum atomic E-state index is -0.0218. The maximum Gasteiger partial charge on any atom is 0.361 e. The average molecular weight is 282 g/mol. The Morgan fingerprint density at radius 1 is 0.952 bits per heavy atom. The van der Waals surface area contributed by atoms with Crippen LogP contribution in [-0.4, -0.2) is 33.2 Å². The summed E-state index contributed by atoms with van der Waals surface area (Å²) in [7, 11) is 0. The SMILES string of the molecule is Cc1ccc(B(OCCNCCN)c2ccccc2)cc1. The van der Waals surface area contributed by atoms with E-state index in [0.29, 0.717) is 13.2 Å². The van der Waals surface area contributed by atoms with Gasteiger partial charge in [0.25, 0.3) is 0 Å². The monoisotopic (exact) mass is 282 g/mol. The third-order valence-electron chi connectivity index (χ3n) is 3.37. The molecule has 0 radical (unpaired) electrons. The predicted octanol–water partition coefficient (Wildman–Crippen LogP) is 0.666. The van der Waals surface area contributed by atoms with Crippen LogP contribution in [0.2, 0.25) is 0 Å². The Balaban J connectivity index is 2.06. The zero-order chi connectivity index (χ0) is 14.9. The van der Waals surface area contributed by atoms with Crippen LogP contribution in [0.3, 0.4) is 0 Å². The largest absolute Gasteiger partial charge is 0.426 e. The molecule has 2 aromatic rings. The zero-order valence-electron chi connectivity index (χ0n) is 12.6. The number of nitrogens with one attached hydrogen (secondary N) is 1. The molecule has 2 aromatic carbocycles. The van der Waals surface area contributed by atoms with E-state index in [-0.39, 0.29) is 6.92 Å². The van der Waals surface area contributed by atoms with Gasteiger partial charge in [0.1, 0.15) is 0 Å². The number of rotatable bonds is 8. The molecular formula is C17H23BN2O. The molecule has 0 aliphatic rings. The van der Waals surface area contributed by atoms with E-state index in [0.717, 1.165) is 13.1 Å². The van der Waals surface area contributed by atoms with Crippen molar-refractivity contribution < 1.29 is 4.65 Å². The van der Waals surface area contributed by atoms with Gasteiger partial charge < -0.3 is 15.7 Å². The lowest BCUT2D eigenvalue weighted by molar-refractivity contribution is 0.329. The molecule has 0 spiro atoms. The van der Waals surface area contributed by atoms with Crippen molar-refractivity contribution >= 4 is 17.8 Å². The lowest BCUT2D eigenvalue weighted by Crippen LogP contribution is -2.46. The summed E-state index contributed by atoms with van der Waals surface area (Å²) in [5.74, 6) is 0. The maximum atomic E-state index is 6.10. The van der Waals surface area contributed by atoms with Crippen LogP contribution in [-0.2, 0) is 4.65 Å². The van der Waals surface area contributed by atoms with Gasteiger partial charge in [-0.3, -0.25) is 0 Å². The summed E-state index contributed by atoms with van der Waals surface area (Å²) in [6, 6.07) is 18.9. The molecule has 0 aromatic heterocycles. The molecule has 3 N–H and O–H groups in total. The van der Waals surface area contributed by atoms with E-state index in [9.17, 15) is 0 Å². The van der Waals surface area contributed by atoms with Crippen molar-refractivity contribution in [2.75, 3.05) is 26.2 Å². The van der Waals surface area contributed by atoms with E-state index >= 15 is 0 Å². The van der Waals surface area contributed by atoms with E-state index in [1.165, 1.54) is 16.5 Å². The van der Waals surface area contributed by atoms with Gasteiger partial charge in [0.15, 0.2) is 0 Å². The second-order valence-corrected chi connectivity index (χ2v) is 5.11. The first-order valence-corrected chi connectivity index (χ1v) is 7.45. The first-order valence-electron chi connectivity index (χ1n) is 7.45. The molecule has 4 heteroatoms. The Morgan fingerprint density at radius 3 is 2.29 bits per heavy atom. The highest BCUT2D eigenvalue weighted by Crippen LogP contribution is 1.98. The van der Waals surface area contributed by atoms with Crippen LogP contribution in [0.5, 0.6) is 0 Å². The Hall–Kier alpha value is -1.62. The van der Waals surface area contributed by atoms with E-state index in [4.69, 9.17) is 10.4 Å². The zero-order valence-corrected chi connectivity index (χ0v) is 12.6. The van der Waals surface area contributed by atoms with Gasteiger partial charge >= 0.3 is 6.92 Å². The number of hydrogen-bond donors (Lipinski definition) is 2. The summed E-state index contributed by atoms with van der Waals surface area (Å²) in [5.41, 5.74) is 9.09.